The van der Waals surface area contributed by atoms with Gasteiger partial charge in [-0.2, -0.15) is 0 Å². The van der Waals surface area contributed by atoms with Crippen molar-refractivity contribution in [3.05, 3.63) is 29.8 Å². The van der Waals surface area contributed by atoms with E-state index in [1.807, 2.05) is 12.1 Å². The van der Waals surface area contributed by atoms with Crippen LogP contribution >= 0.6 is 11.6 Å². The molecule has 0 aliphatic carbocycles. The third-order valence-corrected chi connectivity index (χ3v) is 2.87. The maximum absolute atomic E-state index is 11.6. The Morgan fingerprint density at radius 2 is 2.12 bits per heavy atom. The average molecular weight is 240 g/mol. The van der Waals surface area contributed by atoms with Gasteiger partial charge in [-0.1, -0.05) is 18.2 Å². The van der Waals surface area contributed by atoms with Crippen LogP contribution in [0.5, 0.6) is 0 Å². The minimum atomic E-state index is -1.00. The van der Waals surface area contributed by atoms with E-state index >= 15 is 0 Å². The average Bonchev–Trinajstić information content (AvgIpc) is 2.67. The van der Waals surface area contributed by atoms with E-state index in [1.165, 1.54) is 4.90 Å². The molecule has 5 heteroatoms. The first-order valence-corrected chi connectivity index (χ1v) is 5.37. The molecule has 16 heavy (non-hydrogen) atoms. The molecule has 84 valence electrons. The summed E-state index contributed by atoms with van der Waals surface area (Å²) in [5.41, 5.74) is 1.52. The van der Waals surface area contributed by atoms with Gasteiger partial charge in [0.25, 0.3) is 0 Å². The summed E-state index contributed by atoms with van der Waals surface area (Å²) in [6.45, 7) is 0. The zero-order chi connectivity index (χ0) is 11.7. The first kappa shape index (κ1) is 11.0. The predicted molar refractivity (Wildman–Crippen MR) is 59.8 cm³/mol. The maximum atomic E-state index is 11.6. The van der Waals surface area contributed by atoms with Crippen LogP contribution in [0.15, 0.2) is 24.3 Å². The Balaban J connectivity index is 2.43. The minimum Gasteiger partial charge on any atom is -0.480 e. The number of fused-ring (bicyclic) bond motifs is 1. The predicted octanol–water partition coefficient (Wildman–Crippen LogP) is 1.27. The van der Waals surface area contributed by atoms with Crippen molar-refractivity contribution in [3.8, 4) is 0 Å². The van der Waals surface area contributed by atoms with Gasteiger partial charge in [-0.15, -0.1) is 11.6 Å². The lowest BCUT2D eigenvalue weighted by Gasteiger charge is -2.21. The molecule has 1 N–H and O–H groups in total. The molecule has 4 nitrogen and oxygen atoms in total. The Hall–Kier alpha value is -1.55. The number of benzene rings is 1. The summed E-state index contributed by atoms with van der Waals surface area (Å²) in [7, 11) is 0. The highest BCUT2D eigenvalue weighted by Crippen LogP contribution is 2.32. The number of carboxylic acids is 1. The summed E-state index contributed by atoms with van der Waals surface area (Å²) in [6, 6.07) is 6.34. The van der Waals surface area contributed by atoms with Gasteiger partial charge in [0, 0.05) is 12.1 Å². The Bertz CT molecular complexity index is 447. The Morgan fingerprint density at radius 3 is 2.75 bits per heavy atom. The SMILES string of the molecule is O=C(O)[C@@H]1Cc2ccccc2N1C(=O)CCl. The molecule has 0 radical (unpaired) electrons. The molecule has 0 fully saturated rings. The molecule has 0 saturated carbocycles. The fourth-order valence-electron chi connectivity index (χ4n) is 1.96. The van der Waals surface area contributed by atoms with E-state index < -0.39 is 12.0 Å². The number of carboxylic acid groups (broad SMARTS) is 1. The molecule has 1 atom stereocenters. The van der Waals surface area contributed by atoms with E-state index in [0.717, 1.165) is 5.56 Å². The number of carbonyl (C=O) groups is 2. The molecule has 0 unspecified atom stereocenters. The van der Waals surface area contributed by atoms with Crippen molar-refractivity contribution in [2.24, 2.45) is 0 Å². The first-order chi connectivity index (χ1) is 7.65. The molecule has 1 aromatic carbocycles. The van der Waals surface area contributed by atoms with Gasteiger partial charge in [0.1, 0.15) is 11.9 Å². The normalized spacial score (nSPS) is 18.3. The number of alkyl halides is 1. The van der Waals surface area contributed by atoms with Crippen molar-refractivity contribution in [1.82, 2.24) is 0 Å². The molecule has 1 heterocycles. The fourth-order valence-corrected chi connectivity index (χ4v) is 2.08. The van der Waals surface area contributed by atoms with E-state index in [4.69, 9.17) is 16.7 Å². The number of para-hydroxylation sites is 1. The highest BCUT2D eigenvalue weighted by molar-refractivity contribution is 6.30. The van der Waals surface area contributed by atoms with Crippen molar-refractivity contribution in [2.75, 3.05) is 10.8 Å². The van der Waals surface area contributed by atoms with Crippen molar-refractivity contribution in [2.45, 2.75) is 12.5 Å². The number of hydrogen-bond donors (Lipinski definition) is 1. The van der Waals surface area contributed by atoms with Crippen LogP contribution in [0.1, 0.15) is 5.56 Å². The lowest BCUT2D eigenvalue weighted by Crippen LogP contribution is -2.43. The quantitative estimate of drug-likeness (QED) is 0.791. The second-order valence-electron chi connectivity index (χ2n) is 3.58. The van der Waals surface area contributed by atoms with E-state index in [1.54, 1.807) is 12.1 Å². The summed E-state index contributed by atoms with van der Waals surface area (Å²) in [6.07, 6.45) is 0.341. The van der Waals surface area contributed by atoms with Crippen LogP contribution in [0.2, 0.25) is 0 Å². The van der Waals surface area contributed by atoms with Crippen LogP contribution in [-0.2, 0) is 16.0 Å². The number of amides is 1. The van der Waals surface area contributed by atoms with Crippen molar-refractivity contribution in [3.63, 3.8) is 0 Å². The Kier molecular flexibility index (Phi) is 2.83. The van der Waals surface area contributed by atoms with Crippen molar-refractivity contribution >= 4 is 29.2 Å². The molecular weight excluding hydrogens is 230 g/mol. The highest BCUT2D eigenvalue weighted by atomic mass is 35.5. The maximum Gasteiger partial charge on any atom is 0.327 e. The van der Waals surface area contributed by atoms with E-state index in [9.17, 15) is 9.59 Å². The molecule has 0 bridgehead atoms. The molecule has 0 saturated heterocycles. The second-order valence-corrected chi connectivity index (χ2v) is 3.85. The zero-order valence-electron chi connectivity index (χ0n) is 8.39. The van der Waals surface area contributed by atoms with E-state index in [-0.39, 0.29) is 11.8 Å². The van der Waals surface area contributed by atoms with Crippen LogP contribution in [0.3, 0.4) is 0 Å². The van der Waals surface area contributed by atoms with Gasteiger partial charge in [0.15, 0.2) is 0 Å². The molecule has 0 spiro atoms. The molecular formula is C11H10ClNO3. The third-order valence-electron chi connectivity index (χ3n) is 2.64. The summed E-state index contributed by atoms with van der Waals surface area (Å²) in [4.78, 5) is 24.0. The standard InChI is InChI=1S/C11H10ClNO3/c12-6-10(14)13-8-4-2-1-3-7(8)5-9(13)11(15)16/h1-4,9H,5-6H2,(H,15,16)/t9-/m0/s1. The lowest BCUT2D eigenvalue weighted by molar-refractivity contribution is -0.139. The fraction of sp³-hybridized carbons (Fsp3) is 0.273. The minimum absolute atomic E-state index is 0.210. The molecule has 1 amide bonds. The summed E-state index contributed by atoms with van der Waals surface area (Å²) in [5, 5.41) is 9.06. The zero-order valence-corrected chi connectivity index (χ0v) is 9.15. The number of anilines is 1. The number of halogens is 1. The monoisotopic (exact) mass is 239 g/mol. The van der Waals surface area contributed by atoms with Crippen LogP contribution in [0.4, 0.5) is 5.69 Å². The van der Waals surface area contributed by atoms with Gasteiger partial charge in [-0.25, -0.2) is 4.79 Å². The second kappa shape index (κ2) is 4.14. The van der Waals surface area contributed by atoms with Crippen molar-refractivity contribution < 1.29 is 14.7 Å². The van der Waals surface area contributed by atoms with Gasteiger partial charge < -0.3 is 5.11 Å². The molecule has 1 aliphatic rings. The van der Waals surface area contributed by atoms with Gasteiger partial charge >= 0.3 is 5.97 Å². The number of hydrogen-bond acceptors (Lipinski definition) is 2. The van der Waals surface area contributed by atoms with Crippen LogP contribution in [0.25, 0.3) is 0 Å². The lowest BCUT2D eigenvalue weighted by atomic mass is 10.1. The van der Waals surface area contributed by atoms with Crippen LogP contribution in [0, 0.1) is 0 Å². The van der Waals surface area contributed by atoms with Gasteiger partial charge in [-0.3, -0.25) is 9.69 Å². The van der Waals surface area contributed by atoms with Crippen molar-refractivity contribution in [1.29, 1.82) is 0 Å². The highest BCUT2D eigenvalue weighted by Gasteiger charge is 2.37. The summed E-state index contributed by atoms with van der Waals surface area (Å²) in [5.74, 6) is -1.59. The Labute approximate surface area is 97.4 Å². The number of carbonyl (C=O) groups excluding carboxylic acids is 1. The van der Waals surface area contributed by atoms with E-state index in [0.29, 0.717) is 12.1 Å². The van der Waals surface area contributed by atoms with Gasteiger partial charge in [-0.05, 0) is 11.6 Å². The summed E-state index contributed by atoms with van der Waals surface area (Å²) < 4.78 is 0. The number of nitrogens with zero attached hydrogens (tertiary/aromatic N) is 1. The van der Waals surface area contributed by atoms with Crippen LogP contribution in [-0.4, -0.2) is 28.9 Å². The third kappa shape index (κ3) is 1.65. The largest absolute Gasteiger partial charge is 0.480 e. The van der Waals surface area contributed by atoms with E-state index in [2.05, 4.69) is 0 Å². The Morgan fingerprint density at radius 1 is 1.44 bits per heavy atom. The topological polar surface area (TPSA) is 57.6 Å². The summed E-state index contributed by atoms with van der Waals surface area (Å²) >= 11 is 5.48. The van der Waals surface area contributed by atoms with Gasteiger partial charge in [0.05, 0.1) is 0 Å². The molecule has 1 aliphatic heterocycles. The number of rotatable bonds is 2. The molecule has 1 aromatic rings. The smallest absolute Gasteiger partial charge is 0.327 e. The van der Waals surface area contributed by atoms with Crippen LogP contribution < -0.4 is 4.90 Å². The molecule has 0 aromatic heterocycles. The van der Waals surface area contributed by atoms with Gasteiger partial charge in [0.2, 0.25) is 5.91 Å². The number of aliphatic carboxylic acids is 1. The molecule has 2 rings (SSSR count). The first-order valence-electron chi connectivity index (χ1n) is 4.84.